The molecule has 1 heterocycles. The zero-order valence-electron chi connectivity index (χ0n) is 11.8. The lowest BCUT2D eigenvalue weighted by Crippen LogP contribution is -2.17. The van der Waals surface area contributed by atoms with Gasteiger partial charge in [0.1, 0.15) is 0 Å². The molecule has 2 N–H and O–H groups in total. The Morgan fingerprint density at radius 3 is 2.62 bits per heavy atom. The van der Waals surface area contributed by atoms with Crippen LogP contribution in [0.15, 0.2) is 54.7 Å². The largest absolute Gasteiger partial charge is 0.398 e. The topological polar surface area (TPSA) is 42.1 Å². The van der Waals surface area contributed by atoms with Crippen molar-refractivity contribution < 1.29 is 0 Å². The number of nitrogen functional groups attached to an aromatic ring is 1. The predicted molar refractivity (Wildman–Crippen MR) is 89.7 cm³/mol. The Morgan fingerprint density at radius 1 is 1.10 bits per heavy atom. The van der Waals surface area contributed by atoms with E-state index in [1.54, 1.807) is 6.20 Å². The number of nitrogens with zero attached hydrogens (tertiary/aromatic N) is 2. The van der Waals surface area contributed by atoms with Gasteiger partial charge in [0.2, 0.25) is 0 Å². The molecule has 3 nitrogen and oxygen atoms in total. The van der Waals surface area contributed by atoms with Crippen molar-refractivity contribution in [2.45, 2.75) is 6.54 Å². The summed E-state index contributed by atoms with van der Waals surface area (Å²) in [7, 11) is 2.05. The molecule has 21 heavy (non-hydrogen) atoms. The zero-order chi connectivity index (χ0) is 14.8. The van der Waals surface area contributed by atoms with Crippen LogP contribution in [0.5, 0.6) is 0 Å². The molecule has 0 fully saturated rings. The number of hydrogen-bond donors (Lipinski definition) is 1. The summed E-state index contributed by atoms with van der Waals surface area (Å²) < 4.78 is 0. The van der Waals surface area contributed by atoms with E-state index in [1.807, 2.05) is 55.6 Å². The molecule has 1 aromatic heterocycles. The van der Waals surface area contributed by atoms with Gasteiger partial charge in [-0.15, -0.1) is 0 Å². The van der Waals surface area contributed by atoms with Gasteiger partial charge in [0.05, 0.1) is 11.2 Å². The summed E-state index contributed by atoms with van der Waals surface area (Å²) in [5.41, 5.74) is 9.96. The van der Waals surface area contributed by atoms with E-state index in [-0.39, 0.29) is 0 Å². The number of rotatable bonds is 3. The van der Waals surface area contributed by atoms with Crippen molar-refractivity contribution in [3.05, 3.63) is 65.3 Å². The monoisotopic (exact) mass is 297 g/mol. The highest BCUT2D eigenvalue weighted by Gasteiger charge is 2.09. The van der Waals surface area contributed by atoms with Crippen molar-refractivity contribution in [2.24, 2.45) is 0 Å². The quantitative estimate of drug-likeness (QED) is 0.740. The van der Waals surface area contributed by atoms with Gasteiger partial charge in [-0.3, -0.25) is 4.98 Å². The van der Waals surface area contributed by atoms with Gasteiger partial charge in [0, 0.05) is 35.9 Å². The van der Waals surface area contributed by atoms with Crippen LogP contribution in [0.3, 0.4) is 0 Å². The van der Waals surface area contributed by atoms with E-state index < -0.39 is 0 Å². The molecule has 0 amide bonds. The highest BCUT2D eigenvalue weighted by Crippen LogP contribution is 2.29. The second-order valence-electron chi connectivity index (χ2n) is 5.06. The van der Waals surface area contributed by atoms with Gasteiger partial charge < -0.3 is 10.6 Å². The van der Waals surface area contributed by atoms with Crippen molar-refractivity contribution in [1.82, 2.24) is 4.98 Å². The number of halogens is 1. The summed E-state index contributed by atoms with van der Waals surface area (Å²) in [6.07, 6.45) is 1.79. The minimum Gasteiger partial charge on any atom is -0.398 e. The second-order valence-corrected chi connectivity index (χ2v) is 5.49. The molecule has 0 aliphatic carbocycles. The molecule has 0 spiro atoms. The van der Waals surface area contributed by atoms with Crippen LogP contribution >= 0.6 is 11.6 Å². The van der Waals surface area contributed by atoms with Crippen molar-refractivity contribution in [1.29, 1.82) is 0 Å². The van der Waals surface area contributed by atoms with Crippen molar-refractivity contribution >= 4 is 33.9 Å². The first-order valence-electron chi connectivity index (χ1n) is 6.74. The first kappa shape index (κ1) is 13.7. The Hall–Kier alpha value is -2.26. The molecule has 0 unspecified atom stereocenters. The van der Waals surface area contributed by atoms with Crippen LogP contribution in [-0.2, 0) is 6.54 Å². The fourth-order valence-corrected chi connectivity index (χ4v) is 2.56. The average Bonchev–Trinajstić information content (AvgIpc) is 2.50. The van der Waals surface area contributed by atoms with E-state index in [0.717, 1.165) is 33.8 Å². The van der Waals surface area contributed by atoms with Gasteiger partial charge in [0.15, 0.2) is 0 Å². The lowest BCUT2D eigenvalue weighted by molar-refractivity contribution is 0.926. The van der Waals surface area contributed by atoms with Crippen LogP contribution in [0, 0.1) is 0 Å². The lowest BCUT2D eigenvalue weighted by Gasteiger charge is -2.21. The number of nitrogens with two attached hydrogens (primary N) is 1. The van der Waals surface area contributed by atoms with Gasteiger partial charge in [0.25, 0.3) is 0 Å². The van der Waals surface area contributed by atoms with Gasteiger partial charge >= 0.3 is 0 Å². The smallest absolute Gasteiger partial charge is 0.0955 e. The van der Waals surface area contributed by atoms with Crippen LogP contribution < -0.4 is 10.6 Å². The Balaban J connectivity index is 1.96. The zero-order valence-corrected chi connectivity index (χ0v) is 12.5. The molecule has 0 saturated heterocycles. The van der Waals surface area contributed by atoms with E-state index in [2.05, 4.69) is 9.88 Å². The third-order valence-corrected chi connectivity index (χ3v) is 3.78. The molecule has 0 aliphatic rings. The van der Waals surface area contributed by atoms with Crippen LogP contribution in [0.2, 0.25) is 5.02 Å². The van der Waals surface area contributed by atoms with Gasteiger partial charge in [-0.25, -0.2) is 0 Å². The maximum absolute atomic E-state index is 6.02. The Bertz CT molecular complexity index is 769. The van der Waals surface area contributed by atoms with E-state index in [1.165, 1.54) is 5.56 Å². The van der Waals surface area contributed by atoms with E-state index in [9.17, 15) is 0 Å². The predicted octanol–water partition coefficient (Wildman–Crippen LogP) is 4.11. The highest BCUT2D eigenvalue weighted by molar-refractivity contribution is 6.30. The minimum absolute atomic E-state index is 0.751. The van der Waals surface area contributed by atoms with E-state index >= 15 is 0 Å². The maximum Gasteiger partial charge on any atom is 0.0955 e. The van der Waals surface area contributed by atoms with Crippen LogP contribution in [0.25, 0.3) is 10.9 Å². The molecule has 0 atom stereocenters. The number of pyridine rings is 1. The van der Waals surface area contributed by atoms with Crippen LogP contribution in [0.4, 0.5) is 11.4 Å². The number of anilines is 2. The standard InChI is InChI=1S/C17H16ClN3/c1-21(11-12-4-6-13(18)7-5-12)16-9-8-15(19)14-3-2-10-20-17(14)16/h2-10H,11,19H2,1H3. The number of benzene rings is 2. The molecular formula is C17H16ClN3. The SMILES string of the molecule is CN(Cc1ccc(Cl)cc1)c1ccc(N)c2cccnc12. The Morgan fingerprint density at radius 2 is 1.86 bits per heavy atom. The molecule has 0 saturated carbocycles. The van der Waals surface area contributed by atoms with Gasteiger partial charge in [-0.05, 0) is 42.0 Å². The molecule has 2 aromatic carbocycles. The molecule has 0 bridgehead atoms. The summed E-state index contributed by atoms with van der Waals surface area (Å²) in [6.45, 7) is 0.784. The summed E-state index contributed by atoms with van der Waals surface area (Å²) in [5.74, 6) is 0. The number of fused-ring (bicyclic) bond motifs is 1. The molecule has 3 rings (SSSR count). The maximum atomic E-state index is 6.02. The van der Waals surface area contributed by atoms with Gasteiger partial charge in [-0.2, -0.15) is 0 Å². The minimum atomic E-state index is 0.751. The van der Waals surface area contributed by atoms with E-state index in [4.69, 9.17) is 17.3 Å². The average molecular weight is 298 g/mol. The van der Waals surface area contributed by atoms with Crippen LogP contribution in [-0.4, -0.2) is 12.0 Å². The highest BCUT2D eigenvalue weighted by atomic mass is 35.5. The van der Waals surface area contributed by atoms with Crippen LogP contribution in [0.1, 0.15) is 5.56 Å². The molecule has 106 valence electrons. The third-order valence-electron chi connectivity index (χ3n) is 3.53. The summed E-state index contributed by atoms with van der Waals surface area (Å²) in [4.78, 5) is 6.64. The molecule has 3 aromatic rings. The first-order valence-corrected chi connectivity index (χ1v) is 7.12. The summed E-state index contributed by atoms with van der Waals surface area (Å²) in [6, 6.07) is 15.7. The number of hydrogen-bond acceptors (Lipinski definition) is 3. The van der Waals surface area contributed by atoms with Crippen molar-refractivity contribution in [2.75, 3.05) is 17.7 Å². The van der Waals surface area contributed by atoms with Crippen molar-refractivity contribution in [3.63, 3.8) is 0 Å². The first-order chi connectivity index (χ1) is 10.1. The Labute approximate surface area is 129 Å². The van der Waals surface area contributed by atoms with Crippen molar-refractivity contribution in [3.8, 4) is 0 Å². The fraction of sp³-hybridized carbons (Fsp3) is 0.118. The second kappa shape index (κ2) is 5.62. The molecule has 0 radical (unpaired) electrons. The summed E-state index contributed by atoms with van der Waals surface area (Å²) in [5, 5.41) is 1.74. The lowest BCUT2D eigenvalue weighted by atomic mass is 10.1. The normalized spacial score (nSPS) is 10.8. The molecular weight excluding hydrogens is 282 g/mol. The number of aromatic nitrogens is 1. The Kier molecular flexibility index (Phi) is 3.67. The fourth-order valence-electron chi connectivity index (χ4n) is 2.44. The van der Waals surface area contributed by atoms with E-state index in [0.29, 0.717) is 0 Å². The third kappa shape index (κ3) is 2.78. The molecule has 0 aliphatic heterocycles. The molecule has 4 heteroatoms. The van der Waals surface area contributed by atoms with Gasteiger partial charge in [-0.1, -0.05) is 23.7 Å². The summed E-state index contributed by atoms with van der Waals surface area (Å²) >= 11 is 5.92.